The molecule has 6 nitrogen and oxygen atoms in total. The lowest BCUT2D eigenvalue weighted by molar-refractivity contribution is 0.00578. The van der Waals surface area contributed by atoms with Gasteiger partial charge in [-0.05, 0) is 33.8 Å². The summed E-state index contributed by atoms with van der Waals surface area (Å²) in [4.78, 5) is 8.37. The predicted molar refractivity (Wildman–Crippen MR) is 81.5 cm³/mol. The number of nitrogens with two attached hydrogens (primary N) is 1. The highest BCUT2D eigenvalue weighted by molar-refractivity contribution is 6.61. The summed E-state index contributed by atoms with van der Waals surface area (Å²) in [7, 11) is -0.463. The molecule has 7 heteroatoms. The molecule has 2 aromatic rings. The van der Waals surface area contributed by atoms with Gasteiger partial charge >= 0.3 is 7.12 Å². The van der Waals surface area contributed by atoms with Crippen LogP contribution in [0, 0.1) is 0 Å². The zero-order valence-electron chi connectivity index (χ0n) is 12.7. The minimum atomic E-state index is -0.463. The first-order chi connectivity index (χ1) is 9.78. The highest BCUT2D eigenvalue weighted by Gasteiger charge is 2.52. The predicted octanol–water partition coefficient (Wildman–Crippen LogP) is 1.15. The molecule has 110 valence electrons. The Morgan fingerprint density at radius 1 is 1.14 bits per heavy atom. The average Bonchev–Trinajstić information content (AvgIpc) is 2.93. The van der Waals surface area contributed by atoms with Gasteiger partial charge in [-0.1, -0.05) is 0 Å². The lowest BCUT2D eigenvalue weighted by atomic mass is 9.86. The monoisotopic (exact) mass is 286 g/mol. The number of hydrogen-bond acceptors (Lipinski definition) is 5. The van der Waals surface area contributed by atoms with E-state index in [0.29, 0.717) is 5.82 Å². The van der Waals surface area contributed by atoms with Gasteiger partial charge in [-0.15, -0.1) is 0 Å². The molecule has 3 heterocycles. The number of aromatic nitrogens is 3. The van der Waals surface area contributed by atoms with Crippen LogP contribution in [-0.4, -0.2) is 32.9 Å². The zero-order chi connectivity index (χ0) is 15.3. The second-order valence-corrected chi connectivity index (χ2v) is 6.23. The van der Waals surface area contributed by atoms with Crippen molar-refractivity contribution in [1.29, 1.82) is 0 Å². The van der Waals surface area contributed by atoms with E-state index in [4.69, 9.17) is 15.0 Å². The van der Waals surface area contributed by atoms with E-state index in [9.17, 15) is 0 Å². The fraction of sp³-hybridized carbons (Fsp3) is 0.429. The summed E-state index contributed by atoms with van der Waals surface area (Å²) in [5.41, 5.74) is 6.60. The van der Waals surface area contributed by atoms with Crippen LogP contribution in [0.1, 0.15) is 27.7 Å². The second kappa shape index (κ2) is 4.57. The fourth-order valence-corrected chi connectivity index (χ4v) is 2.16. The van der Waals surface area contributed by atoms with Crippen molar-refractivity contribution in [3.63, 3.8) is 0 Å². The van der Waals surface area contributed by atoms with E-state index in [1.54, 1.807) is 18.6 Å². The smallest absolute Gasteiger partial charge is 0.398 e. The highest BCUT2D eigenvalue weighted by atomic mass is 16.7. The molecule has 0 aliphatic carbocycles. The molecule has 0 atom stereocenters. The molecule has 21 heavy (non-hydrogen) atoms. The molecule has 0 saturated carbocycles. The molecule has 0 spiro atoms. The maximum atomic E-state index is 5.99. The summed E-state index contributed by atoms with van der Waals surface area (Å²) in [5, 5.41) is 0. The van der Waals surface area contributed by atoms with Crippen LogP contribution in [0.15, 0.2) is 30.9 Å². The van der Waals surface area contributed by atoms with Gasteiger partial charge in [0.05, 0.1) is 28.8 Å². The van der Waals surface area contributed by atoms with Gasteiger partial charge in [0, 0.05) is 18.5 Å². The topological polar surface area (TPSA) is 75.2 Å². The molecule has 1 aliphatic heterocycles. The van der Waals surface area contributed by atoms with Crippen molar-refractivity contribution >= 4 is 18.5 Å². The summed E-state index contributed by atoms with van der Waals surface area (Å²) in [5.74, 6) is 0.471. The van der Waals surface area contributed by atoms with Crippen molar-refractivity contribution in [2.75, 3.05) is 5.73 Å². The van der Waals surface area contributed by atoms with Crippen molar-refractivity contribution in [3.8, 4) is 5.69 Å². The molecule has 2 N–H and O–H groups in total. The number of anilines is 1. The third-order valence-electron chi connectivity index (χ3n) is 4.16. The van der Waals surface area contributed by atoms with E-state index in [-0.39, 0.29) is 11.2 Å². The highest BCUT2D eigenvalue weighted by Crippen LogP contribution is 2.36. The van der Waals surface area contributed by atoms with E-state index in [1.165, 1.54) is 0 Å². The first-order valence-corrected chi connectivity index (χ1v) is 6.90. The lowest BCUT2D eigenvalue weighted by Gasteiger charge is -2.32. The van der Waals surface area contributed by atoms with E-state index < -0.39 is 7.12 Å². The number of nitrogens with zero attached hydrogens (tertiary/aromatic N) is 3. The number of imidazole rings is 1. The van der Waals surface area contributed by atoms with Crippen LogP contribution in [0.4, 0.5) is 5.82 Å². The van der Waals surface area contributed by atoms with Crippen LogP contribution >= 0.6 is 0 Å². The maximum absolute atomic E-state index is 5.99. The number of rotatable bonds is 2. The zero-order valence-corrected chi connectivity index (χ0v) is 12.7. The first kappa shape index (κ1) is 14.1. The minimum Gasteiger partial charge on any atom is -0.398 e. The molecular weight excluding hydrogens is 267 g/mol. The Labute approximate surface area is 124 Å². The Morgan fingerprint density at radius 3 is 2.43 bits per heavy atom. The third kappa shape index (κ3) is 2.43. The SMILES string of the molecule is CC1(C)OB(c2cn(-c3ccnc(N)c3)cn2)OC1(C)C. The van der Waals surface area contributed by atoms with Crippen LogP contribution in [0.3, 0.4) is 0 Å². The molecule has 1 fully saturated rings. The van der Waals surface area contributed by atoms with Crippen LogP contribution in [0.2, 0.25) is 0 Å². The molecule has 0 aromatic carbocycles. The summed E-state index contributed by atoms with van der Waals surface area (Å²) >= 11 is 0. The molecule has 2 aromatic heterocycles. The Hall–Kier alpha value is -1.86. The van der Waals surface area contributed by atoms with Crippen LogP contribution in [-0.2, 0) is 9.31 Å². The Bertz CT molecular complexity index is 652. The third-order valence-corrected chi connectivity index (χ3v) is 4.16. The molecule has 3 rings (SSSR count). The van der Waals surface area contributed by atoms with E-state index in [0.717, 1.165) is 11.3 Å². The van der Waals surface area contributed by atoms with Crippen molar-refractivity contribution < 1.29 is 9.31 Å². The van der Waals surface area contributed by atoms with Gasteiger partial charge < -0.3 is 19.6 Å². The normalized spacial score (nSPS) is 19.9. The van der Waals surface area contributed by atoms with Crippen LogP contribution in [0.5, 0.6) is 0 Å². The van der Waals surface area contributed by atoms with Gasteiger partial charge in [-0.3, -0.25) is 0 Å². The van der Waals surface area contributed by atoms with Gasteiger partial charge in [0.15, 0.2) is 0 Å². The van der Waals surface area contributed by atoms with E-state index in [1.807, 2.05) is 44.5 Å². The van der Waals surface area contributed by atoms with Crippen molar-refractivity contribution in [1.82, 2.24) is 14.5 Å². The fourth-order valence-electron chi connectivity index (χ4n) is 2.16. The largest absolute Gasteiger partial charge is 0.516 e. The Balaban J connectivity index is 1.87. The first-order valence-electron chi connectivity index (χ1n) is 6.90. The van der Waals surface area contributed by atoms with Gasteiger partial charge in [0.1, 0.15) is 5.82 Å². The summed E-state index contributed by atoms with van der Waals surface area (Å²) in [6.45, 7) is 8.09. The van der Waals surface area contributed by atoms with E-state index in [2.05, 4.69) is 9.97 Å². The van der Waals surface area contributed by atoms with Crippen molar-refractivity contribution in [2.45, 2.75) is 38.9 Å². The number of pyridine rings is 1. The number of hydrogen-bond donors (Lipinski definition) is 1. The van der Waals surface area contributed by atoms with Gasteiger partial charge in [-0.2, -0.15) is 0 Å². The minimum absolute atomic E-state index is 0.372. The van der Waals surface area contributed by atoms with Gasteiger partial charge in [0.25, 0.3) is 0 Å². The molecule has 0 bridgehead atoms. The summed E-state index contributed by atoms with van der Waals surface area (Å²) in [6.07, 6.45) is 5.27. The summed E-state index contributed by atoms with van der Waals surface area (Å²) in [6, 6.07) is 3.65. The van der Waals surface area contributed by atoms with Crippen molar-refractivity contribution in [3.05, 3.63) is 30.9 Å². The van der Waals surface area contributed by atoms with Crippen molar-refractivity contribution in [2.24, 2.45) is 0 Å². The second-order valence-electron chi connectivity index (χ2n) is 6.23. The molecular formula is C14H19BN4O2. The maximum Gasteiger partial charge on any atom is 0.516 e. The lowest BCUT2D eigenvalue weighted by Crippen LogP contribution is -2.41. The Morgan fingerprint density at radius 2 is 1.81 bits per heavy atom. The molecule has 0 unspecified atom stereocenters. The quantitative estimate of drug-likeness (QED) is 0.838. The molecule has 0 amide bonds. The standard InChI is InChI=1S/C14H19BN4O2/c1-13(2)14(3,4)21-15(20-13)11-8-19(9-18-11)10-5-6-17-12(16)7-10/h5-9H,1-4H3,(H2,16,17). The Kier molecular flexibility index (Phi) is 3.07. The average molecular weight is 286 g/mol. The number of nitrogen functional groups attached to an aromatic ring is 1. The molecule has 1 saturated heterocycles. The molecule has 0 radical (unpaired) electrons. The molecule has 1 aliphatic rings. The van der Waals surface area contributed by atoms with Gasteiger partial charge in [-0.25, -0.2) is 9.97 Å². The summed E-state index contributed by atoms with van der Waals surface area (Å²) < 4.78 is 13.8. The van der Waals surface area contributed by atoms with Crippen LogP contribution < -0.4 is 11.3 Å². The van der Waals surface area contributed by atoms with E-state index >= 15 is 0 Å². The van der Waals surface area contributed by atoms with Crippen LogP contribution in [0.25, 0.3) is 5.69 Å². The van der Waals surface area contributed by atoms with Gasteiger partial charge in [0.2, 0.25) is 0 Å².